The SMILES string of the molecule is O=C(COC(=O)c1ccc(F)cc1Cl)Nc1ccc(Cl)cc1C(F)(F)F. The first-order valence-corrected chi connectivity index (χ1v) is 7.62. The molecule has 0 aliphatic carbocycles. The minimum Gasteiger partial charge on any atom is -0.452 e. The van der Waals surface area contributed by atoms with Crippen molar-refractivity contribution in [3.8, 4) is 0 Å². The Morgan fingerprint density at radius 3 is 2.38 bits per heavy atom. The summed E-state index contributed by atoms with van der Waals surface area (Å²) in [6.07, 6.45) is -4.74. The van der Waals surface area contributed by atoms with Crippen LogP contribution in [0, 0.1) is 5.82 Å². The highest BCUT2D eigenvalue weighted by Crippen LogP contribution is 2.36. The molecule has 0 saturated heterocycles. The number of halogens is 6. The Labute approximate surface area is 154 Å². The van der Waals surface area contributed by atoms with Crippen LogP contribution in [0.1, 0.15) is 15.9 Å². The molecule has 138 valence electrons. The number of esters is 1. The predicted molar refractivity (Wildman–Crippen MR) is 86.8 cm³/mol. The van der Waals surface area contributed by atoms with E-state index in [1.54, 1.807) is 0 Å². The number of benzene rings is 2. The number of amides is 1. The van der Waals surface area contributed by atoms with Crippen molar-refractivity contribution in [3.05, 3.63) is 63.4 Å². The summed E-state index contributed by atoms with van der Waals surface area (Å²) < 4.78 is 56.4. The second kappa shape index (κ2) is 7.92. The quantitative estimate of drug-likeness (QED) is 0.574. The summed E-state index contributed by atoms with van der Waals surface area (Å²) in [6, 6.07) is 5.69. The van der Waals surface area contributed by atoms with Gasteiger partial charge < -0.3 is 10.1 Å². The third kappa shape index (κ3) is 5.09. The van der Waals surface area contributed by atoms with E-state index in [2.05, 4.69) is 4.74 Å². The van der Waals surface area contributed by atoms with E-state index in [1.807, 2.05) is 5.32 Å². The minimum absolute atomic E-state index is 0.160. The average molecular weight is 410 g/mol. The molecule has 2 rings (SSSR count). The van der Waals surface area contributed by atoms with Gasteiger partial charge in [-0.25, -0.2) is 9.18 Å². The first-order valence-electron chi connectivity index (χ1n) is 6.86. The lowest BCUT2D eigenvalue weighted by Crippen LogP contribution is -2.23. The Hall–Kier alpha value is -2.32. The van der Waals surface area contributed by atoms with Crippen molar-refractivity contribution in [2.75, 3.05) is 11.9 Å². The van der Waals surface area contributed by atoms with Crippen molar-refractivity contribution >= 4 is 40.8 Å². The summed E-state index contributed by atoms with van der Waals surface area (Å²) in [5, 5.41) is 1.60. The second-order valence-corrected chi connectivity index (χ2v) is 5.78. The Morgan fingerprint density at radius 1 is 1.08 bits per heavy atom. The summed E-state index contributed by atoms with van der Waals surface area (Å²) in [4.78, 5) is 23.6. The highest BCUT2D eigenvalue weighted by atomic mass is 35.5. The number of hydrogen-bond acceptors (Lipinski definition) is 3. The molecule has 2 aromatic rings. The van der Waals surface area contributed by atoms with E-state index in [0.29, 0.717) is 6.07 Å². The van der Waals surface area contributed by atoms with Gasteiger partial charge >= 0.3 is 12.1 Å². The molecule has 0 unspecified atom stereocenters. The maximum Gasteiger partial charge on any atom is 0.418 e. The molecular formula is C16H9Cl2F4NO3. The Bertz CT molecular complexity index is 856. The van der Waals surface area contributed by atoms with Gasteiger partial charge in [0.1, 0.15) is 5.82 Å². The van der Waals surface area contributed by atoms with Gasteiger partial charge in [-0.1, -0.05) is 23.2 Å². The molecule has 0 aliphatic heterocycles. The number of ether oxygens (including phenoxy) is 1. The number of carbonyl (C=O) groups excluding carboxylic acids is 2. The monoisotopic (exact) mass is 409 g/mol. The van der Waals surface area contributed by atoms with E-state index in [4.69, 9.17) is 23.2 Å². The van der Waals surface area contributed by atoms with Gasteiger partial charge in [-0.3, -0.25) is 4.79 Å². The molecule has 1 N–H and O–H groups in total. The molecular weight excluding hydrogens is 401 g/mol. The minimum atomic E-state index is -4.74. The van der Waals surface area contributed by atoms with Crippen LogP contribution in [0.3, 0.4) is 0 Å². The van der Waals surface area contributed by atoms with E-state index >= 15 is 0 Å². The Kier molecular flexibility index (Phi) is 6.09. The maximum absolute atomic E-state index is 13.0. The third-order valence-corrected chi connectivity index (χ3v) is 3.59. The highest BCUT2D eigenvalue weighted by molar-refractivity contribution is 6.33. The molecule has 0 heterocycles. The summed E-state index contributed by atoms with van der Waals surface area (Å²) in [6.45, 7) is -0.869. The fraction of sp³-hybridized carbons (Fsp3) is 0.125. The first-order chi connectivity index (χ1) is 12.1. The van der Waals surface area contributed by atoms with Crippen molar-refractivity contribution in [2.24, 2.45) is 0 Å². The molecule has 10 heteroatoms. The second-order valence-electron chi connectivity index (χ2n) is 4.94. The van der Waals surface area contributed by atoms with Gasteiger partial charge in [0.05, 0.1) is 21.8 Å². The molecule has 0 atom stereocenters. The molecule has 0 radical (unpaired) electrons. The summed E-state index contributed by atoms with van der Waals surface area (Å²) in [5.41, 5.74) is -1.88. The van der Waals surface area contributed by atoms with E-state index in [-0.39, 0.29) is 15.6 Å². The number of rotatable bonds is 4. The summed E-state index contributed by atoms with van der Waals surface area (Å²) in [7, 11) is 0. The maximum atomic E-state index is 13.0. The van der Waals surface area contributed by atoms with Gasteiger partial charge in [-0.2, -0.15) is 13.2 Å². The van der Waals surface area contributed by atoms with Gasteiger partial charge in [-0.15, -0.1) is 0 Å². The van der Waals surface area contributed by atoms with E-state index in [1.165, 1.54) is 0 Å². The fourth-order valence-electron chi connectivity index (χ4n) is 1.91. The fourth-order valence-corrected chi connectivity index (χ4v) is 2.33. The van der Waals surface area contributed by atoms with Crippen LogP contribution in [0.15, 0.2) is 36.4 Å². The zero-order valence-corrected chi connectivity index (χ0v) is 14.2. The van der Waals surface area contributed by atoms with Gasteiger partial charge in [0.25, 0.3) is 5.91 Å². The van der Waals surface area contributed by atoms with Crippen LogP contribution >= 0.6 is 23.2 Å². The van der Waals surface area contributed by atoms with Crippen molar-refractivity contribution < 1.29 is 31.9 Å². The Morgan fingerprint density at radius 2 is 1.77 bits per heavy atom. The largest absolute Gasteiger partial charge is 0.452 e. The van der Waals surface area contributed by atoms with E-state index in [0.717, 1.165) is 30.3 Å². The van der Waals surface area contributed by atoms with Crippen LogP contribution in [-0.2, 0) is 15.7 Å². The molecule has 0 fully saturated rings. The molecule has 2 aromatic carbocycles. The highest BCUT2D eigenvalue weighted by Gasteiger charge is 2.34. The van der Waals surface area contributed by atoms with E-state index in [9.17, 15) is 27.2 Å². The smallest absolute Gasteiger partial charge is 0.418 e. The predicted octanol–water partition coefficient (Wildman–Crippen LogP) is 4.95. The van der Waals surface area contributed by atoms with Gasteiger partial charge in [0.2, 0.25) is 0 Å². The molecule has 0 aromatic heterocycles. The molecule has 0 aliphatic rings. The molecule has 0 bridgehead atoms. The van der Waals surface area contributed by atoms with Gasteiger partial charge in [0, 0.05) is 5.02 Å². The standard InChI is InChI=1S/C16H9Cl2F4NO3/c17-8-1-4-13(11(5-8)16(20,21)22)23-14(24)7-26-15(25)10-3-2-9(19)6-12(10)18/h1-6H,7H2,(H,23,24). The number of alkyl halides is 3. The third-order valence-electron chi connectivity index (χ3n) is 3.05. The van der Waals surface area contributed by atoms with Crippen LogP contribution in [-0.4, -0.2) is 18.5 Å². The summed E-state index contributed by atoms with van der Waals surface area (Å²) in [5.74, 6) is -2.71. The number of hydrogen-bond donors (Lipinski definition) is 1. The van der Waals surface area contributed by atoms with Gasteiger partial charge in [0.15, 0.2) is 6.61 Å². The van der Waals surface area contributed by atoms with E-state index < -0.39 is 41.7 Å². The normalized spacial score (nSPS) is 11.2. The number of nitrogens with one attached hydrogen (secondary N) is 1. The summed E-state index contributed by atoms with van der Waals surface area (Å²) >= 11 is 11.2. The van der Waals surface area contributed by atoms with Crippen LogP contribution in [0.2, 0.25) is 10.0 Å². The number of anilines is 1. The zero-order valence-electron chi connectivity index (χ0n) is 12.7. The van der Waals surface area contributed by atoms with Crippen molar-refractivity contribution in [1.82, 2.24) is 0 Å². The van der Waals surface area contributed by atoms with Crippen molar-refractivity contribution in [3.63, 3.8) is 0 Å². The zero-order chi connectivity index (χ0) is 19.5. The molecule has 0 spiro atoms. The Balaban J connectivity index is 2.05. The molecule has 0 saturated carbocycles. The molecule has 1 amide bonds. The molecule has 26 heavy (non-hydrogen) atoms. The lowest BCUT2D eigenvalue weighted by molar-refractivity contribution is -0.137. The number of carbonyl (C=O) groups is 2. The van der Waals surface area contributed by atoms with Gasteiger partial charge in [-0.05, 0) is 36.4 Å². The van der Waals surface area contributed by atoms with Crippen LogP contribution in [0.25, 0.3) is 0 Å². The molecule has 4 nitrogen and oxygen atoms in total. The first kappa shape index (κ1) is 20.0. The van der Waals surface area contributed by atoms with Crippen molar-refractivity contribution in [1.29, 1.82) is 0 Å². The average Bonchev–Trinajstić information content (AvgIpc) is 2.53. The lowest BCUT2D eigenvalue weighted by Gasteiger charge is -2.14. The van der Waals surface area contributed by atoms with Crippen LogP contribution < -0.4 is 5.32 Å². The van der Waals surface area contributed by atoms with Crippen LogP contribution in [0.5, 0.6) is 0 Å². The topological polar surface area (TPSA) is 55.4 Å². The van der Waals surface area contributed by atoms with Crippen LogP contribution in [0.4, 0.5) is 23.2 Å². The lowest BCUT2D eigenvalue weighted by atomic mass is 10.1. The van der Waals surface area contributed by atoms with Crippen molar-refractivity contribution in [2.45, 2.75) is 6.18 Å².